The molecule has 0 aliphatic heterocycles. The van der Waals surface area contributed by atoms with Crippen molar-refractivity contribution in [1.82, 2.24) is 0 Å². The lowest BCUT2D eigenvalue weighted by molar-refractivity contribution is 0.574. The molecule has 1 aromatic carbocycles. The zero-order chi connectivity index (χ0) is 8.97. The third-order valence-electron chi connectivity index (χ3n) is 1.25. The molecule has 0 bridgehead atoms. The van der Waals surface area contributed by atoms with Crippen LogP contribution in [-0.2, 0) is 11.1 Å². The second kappa shape index (κ2) is 4.54. The van der Waals surface area contributed by atoms with E-state index in [0.29, 0.717) is 0 Å². The SMILES string of the molecule is O=S(O)/C=C/c1ccc(Br)cc1. The molecule has 4 heteroatoms. The van der Waals surface area contributed by atoms with Crippen LogP contribution in [0.5, 0.6) is 0 Å². The minimum absolute atomic E-state index is 0.903. The Balaban J connectivity index is 2.77. The van der Waals surface area contributed by atoms with E-state index in [9.17, 15) is 4.21 Å². The Morgan fingerprint density at radius 2 is 1.92 bits per heavy atom. The summed E-state index contributed by atoms with van der Waals surface area (Å²) < 4.78 is 19.7. The quantitative estimate of drug-likeness (QED) is 0.815. The van der Waals surface area contributed by atoms with Gasteiger partial charge in [-0.15, -0.1) is 0 Å². The summed E-state index contributed by atoms with van der Waals surface area (Å²) >= 11 is 1.43. The van der Waals surface area contributed by atoms with Gasteiger partial charge in [-0.2, -0.15) is 0 Å². The van der Waals surface area contributed by atoms with Gasteiger partial charge < -0.3 is 4.55 Å². The van der Waals surface area contributed by atoms with Crippen LogP contribution in [-0.4, -0.2) is 8.76 Å². The second-order valence-corrected chi connectivity index (χ2v) is 3.87. The molecule has 1 atom stereocenters. The van der Waals surface area contributed by atoms with Crippen LogP contribution in [0.25, 0.3) is 6.08 Å². The molecule has 0 spiro atoms. The molecule has 0 aliphatic carbocycles. The van der Waals surface area contributed by atoms with E-state index in [4.69, 9.17) is 4.55 Å². The van der Waals surface area contributed by atoms with Gasteiger partial charge in [-0.3, -0.25) is 0 Å². The lowest BCUT2D eigenvalue weighted by atomic mass is 10.2. The van der Waals surface area contributed by atoms with Crippen molar-refractivity contribution in [3.8, 4) is 0 Å². The Hall–Kier alpha value is -0.450. The molecule has 0 heterocycles. The summed E-state index contributed by atoms with van der Waals surface area (Å²) in [5, 5.41) is 1.23. The molecule has 64 valence electrons. The van der Waals surface area contributed by atoms with Crippen LogP contribution in [0.4, 0.5) is 0 Å². The first-order valence-corrected chi connectivity index (χ1v) is 5.18. The first kappa shape index (κ1) is 9.64. The molecule has 0 amide bonds. The van der Waals surface area contributed by atoms with Crippen LogP contribution in [0.15, 0.2) is 34.1 Å². The average Bonchev–Trinajstić information content (AvgIpc) is 2.03. The summed E-state index contributed by atoms with van der Waals surface area (Å²) in [5.41, 5.74) is 0.903. The van der Waals surface area contributed by atoms with Crippen molar-refractivity contribution in [3.63, 3.8) is 0 Å². The van der Waals surface area contributed by atoms with Crippen LogP contribution in [0.3, 0.4) is 0 Å². The molecule has 0 radical (unpaired) electrons. The molecular weight excluding hydrogens is 240 g/mol. The molecule has 2 nitrogen and oxygen atoms in total. The van der Waals surface area contributed by atoms with Crippen molar-refractivity contribution in [3.05, 3.63) is 39.7 Å². The number of rotatable bonds is 2. The summed E-state index contributed by atoms with van der Waals surface area (Å²) in [6.07, 6.45) is 1.60. The van der Waals surface area contributed by atoms with Crippen molar-refractivity contribution in [2.24, 2.45) is 0 Å². The lowest BCUT2D eigenvalue weighted by Gasteiger charge is -1.91. The first-order chi connectivity index (χ1) is 5.68. The monoisotopic (exact) mass is 246 g/mol. The smallest absolute Gasteiger partial charge is 0.178 e. The highest BCUT2D eigenvalue weighted by Crippen LogP contribution is 2.11. The van der Waals surface area contributed by atoms with E-state index < -0.39 is 11.1 Å². The van der Waals surface area contributed by atoms with E-state index in [1.165, 1.54) is 5.41 Å². The zero-order valence-electron chi connectivity index (χ0n) is 6.11. The highest BCUT2D eigenvalue weighted by molar-refractivity contribution is 9.10. The third kappa shape index (κ3) is 3.30. The van der Waals surface area contributed by atoms with Crippen LogP contribution in [0.1, 0.15) is 5.56 Å². The standard InChI is InChI=1S/C8H7BrO2S/c9-8-3-1-7(2-4-8)5-6-12(10)11/h1-6H,(H,10,11)/b6-5+. The molecule has 1 unspecified atom stereocenters. The minimum atomic E-state index is -1.86. The number of halogens is 1. The Morgan fingerprint density at radius 1 is 1.33 bits per heavy atom. The molecule has 0 saturated heterocycles. The fourth-order valence-electron chi connectivity index (χ4n) is 0.711. The van der Waals surface area contributed by atoms with E-state index in [-0.39, 0.29) is 0 Å². The van der Waals surface area contributed by atoms with E-state index >= 15 is 0 Å². The maximum Gasteiger partial charge on any atom is 0.178 e. The van der Waals surface area contributed by atoms with Gasteiger partial charge in [0.1, 0.15) is 0 Å². The van der Waals surface area contributed by atoms with Crippen LogP contribution in [0, 0.1) is 0 Å². The largest absolute Gasteiger partial charge is 0.303 e. The van der Waals surface area contributed by atoms with Gasteiger partial charge in [-0.1, -0.05) is 28.1 Å². The first-order valence-electron chi connectivity index (χ1n) is 3.22. The molecule has 1 aromatic rings. The Labute approximate surface area is 81.7 Å². The summed E-state index contributed by atoms with van der Waals surface area (Å²) in [5.74, 6) is 0. The van der Waals surface area contributed by atoms with Crippen molar-refractivity contribution in [2.45, 2.75) is 0 Å². The summed E-state index contributed by atoms with van der Waals surface area (Å²) in [4.78, 5) is 0. The van der Waals surface area contributed by atoms with Crippen LogP contribution in [0.2, 0.25) is 0 Å². The highest BCUT2D eigenvalue weighted by atomic mass is 79.9. The van der Waals surface area contributed by atoms with Gasteiger partial charge >= 0.3 is 0 Å². The van der Waals surface area contributed by atoms with Crippen LogP contribution >= 0.6 is 15.9 Å². The summed E-state index contributed by atoms with van der Waals surface area (Å²) in [7, 11) is 0. The van der Waals surface area contributed by atoms with Crippen LogP contribution < -0.4 is 0 Å². The molecule has 1 rings (SSSR count). The molecule has 0 fully saturated rings. The van der Waals surface area contributed by atoms with Gasteiger partial charge in [0.25, 0.3) is 0 Å². The van der Waals surface area contributed by atoms with Crippen molar-refractivity contribution in [1.29, 1.82) is 0 Å². The van der Waals surface area contributed by atoms with E-state index in [1.54, 1.807) is 6.08 Å². The fourth-order valence-corrected chi connectivity index (χ4v) is 1.25. The second-order valence-electron chi connectivity index (χ2n) is 2.13. The Kier molecular flexibility index (Phi) is 3.65. The van der Waals surface area contributed by atoms with Gasteiger partial charge in [0, 0.05) is 9.88 Å². The predicted molar refractivity (Wildman–Crippen MR) is 53.9 cm³/mol. The maximum absolute atomic E-state index is 10.3. The minimum Gasteiger partial charge on any atom is -0.303 e. The molecule has 12 heavy (non-hydrogen) atoms. The predicted octanol–water partition coefficient (Wildman–Crippen LogP) is 2.64. The van der Waals surface area contributed by atoms with Crippen molar-refractivity contribution >= 4 is 33.1 Å². The number of benzene rings is 1. The Morgan fingerprint density at radius 3 is 2.42 bits per heavy atom. The normalized spacial score (nSPS) is 13.5. The van der Waals surface area contributed by atoms with E-state index in [2.05, 4.69) is 15.9 Å². The van der Waals surface area contributed by atoms with Crippen molar-refractivity contribution in [2.75, 3.05) is 0 Å². The van der Waals surface area contributed by atoms with Crippen molar-refractivity contribution < 1.29 is 8.76 Å². The third-order valence-corrected chi connectivity index (χ3v) is 2.14. The molecular formula is C8H7BrO2S. The van der Waals surface area contributed by atoms with E-state index in [1.807, 2.05) is 24.3 Å². The fraction of sp³-hybridized carbons (Fsp3) is 0. The number of hydrogen-bond acceptors (Lipinski definition) is 1. The maximum atomic E-state index is 10.3. The topological polar surface area (TPSA) is 37.3 Å². The Bertz CT molecular complexity index is 305. The van der Waals surface area contributed by atoms with Gasteiger partial charge in [-0.25, -0.2) is 4.21 Å². The summed E-state index contributed by atoms with van der Waals surface area (Å²) in [6, 6.07) is 7.46. The molecule has 0 aliphatic rings. The average molecular weight is 247 g/mol. The van der Waals surface area contributed by atoms with Gasteiger partial charge in [-0.05, 0) is 23.8 Å². The zero-order valence-corrected chi connectivity index (χ0v) is 8.51. The molecule has 1 N–H and O–H groups in total. The van der Waals surface area contributed by atoms with Gasteiger partial charge in [0.15, 0.2) is 11.1 Å². The highest BCUT2D eigenvalue weighted by Gasteiger charge is 1.87. The van der Waals surface area contributed by atoms with Gasteiger partial charge in [0.05, 0.1) is 0 Å². The lowest BCUT2D eigenvalue weighted by Crippen LogP contribution is -1.76. The van der Waals surface area contributed by atoms with Gasteiger partial charge in [0.2, 0.25) is 0 Å². The van der Waals surface area contributed by atoms with E-state index in [0.717, 1.165) is 10.0 Å². The molecule has 0 aromatic heterocycles. The summed E-state index contributed by atoms with van der Waals surface area (Å²) in [6.45, 7) is 0. The molecule has 0 saturated carbocycles. The number of hydrogen-bond donors (Lipinski definition) is 1.